The first-order valence-electron chi connectivity index (χ1n) is 5.29. The van der Waals surface area contributed by atoms with Crippen molar-refractivity contribution in [3.05, 3.63) is 30.3 Å². The quantitative estimate of drug-likeness (QED) is 0.770. The molecule has 4 heteroatoms. The molecule has 0 radical (unpaired) electrons. The Labute approximate surface area is 97.8 Å². The minimum absolute atomic E-state index is 0.622. The van der Waals surface area contributed by atoms with Crippen LogP contribution in [0.2, 0.25) is 0 Å². The number of rotatable bonds is 4. The Balaban J connectivity index is 0. The molecular weight excluding hydrogens is 204 g/mol. The van der Waals surface area contributed by atoms with Crippen LogP contribution in [0.1, 0.15) is 13.8 Å². The van der Waals surface area contributed by atoms with E-state index in [0.29, 0.717) is 19.6 Å². The van der Waals surface area contributed by atoms with E-state index in [2.05, 4.69) is 10.1 Å². The summed E-state index contributed by atoms with van der Waals surface area (Å²) >= 11 is 0. The van der Waals surface area contributed by atoms with Gasteiger partial charge in [-0.3, -0.25) is 4.79 Å². The Bertz CT molecular complexity index is 226. The summed E-state index contributed by atoms with van der Waals surface area (Å²) in [6.45, 7) is 5.29. The number of nitrogens with two attached hydrogens (primary N) is 1. The number of nitrogens with one attached hydrogen (secondary N) is 1. The second-order valence-corrected chi connectivity index (χ2v) is 2.41. The van der Waals surface area contributed by atoms with Crippen LogP contribution in [0.15, 0.2) is 30.3 Å². The van der Waals surface area contributed by atoms with Crippen LogP contribution in [-0.4, -0.2) is 26.7 Å². The summed E-state index contributed by atoms with van der Waals surface area (Å²) in [5, 5.41) is 2.53. The maximum Gasteiger partial charge on any atom is 0.211 e. The number of methoxy groups -OCH3 is 1. The van der Waals surface area contributed by atoms with Crippen LogP contribution in [-0.2, 0) is 9.53 Å². The number of anilines is 1. The molecule has 1 aromatic carbocycles. The topological polar surface area (TPSA) is 64.3 Å². The van der Waals surface area contributed by atoms with E-state index in [1.807, 2.05) is 44.2 Å². The summed E-state index contributed by atoms with van der Waals surface area (Å²) in [6, 6.07) is 9.29. The average molecular weight is 226 g/mol. The fourth-order valence-corrected chi connectivity index (χ4v) is 0.720. The molecule has 16 heavy (non-hydrogen) atoms. The number of hydrogen-bond acceptors (Lipinski definition) is 3. The second kappa shape index (κ2) is 16.1. The van der Waals surface area contributed by atoms with E-state index in [1.54, 1.807) is 7.11 Å². The van der Waals surface area contributed by atoms with E-state index in [9.17, 15) is 4.79 Å². The first kappa shape index (κ1) is 17.0. The monoisotopic (exact) mass is 226 g/mol. The number of benzene rings is 1. The van der Waals surface area contributed by atoms with Gasteiger partial charge in [0.25, 0.3) is 0 Å². The predicted molar refractivity (Wildman–Crippen MR) is 68.4 cm³/mol. The summed E-state index contributed by atoms with van der Waals surface area (Å²) in [6.07, 6.45) is 0.662. The molecule has 0 aromatic heterocycles. The van der Waals surface area contributed by atoms with Gasteiger partial charge in [-0.1, -0.05) is 32.0 Å². The van der Waals surface area contributed by atoms with Crippen LogP contribution in [0, 0.1) is 0 Å². The van der Waals surface area contributed by atoms with Crippen LogP contribution in [0.4, 0.5) is 5.69 Å². The Morgan fingerprint density at radius 2 is 1.88 bits per heavy atom. The normalized spacial score (nSPS) is 7.75. The molecule has 0 unspecified atom stereocenters. The largest absolute Gasteiger partial charge is 0.383 e. The fraction of sp³-hybridized carbons (Fsp3) is 0.417. The number of carbonyl (C=O) groups excluding carboxylic acids is 1. The first-order valence-corrected chi connectivity index (χ1v) is 5.29. The summed E-state index contributed by atoms with van der Waals surface area (Å²) in [5.41, 5.74) is 5.84. The third-order valence-electron chi connectivity index (χ3n) is 1.32. The molecule has 0 aliphatic rings. The lowest BCUT2D eigenvalue weighted by Gasteiger charge is -1.93. The molecule has 0 aliphatic heterocycles. The number of amides is 1. The van der Waals surface area contributed by atoms with E-state index in [-0.39, 0.29) is 0 Å². The third-order valence-corrected chi connectivity index (χ3v) is 1.32. The van der Waals surface area contributed by atoms with Gasteiger partial charge in [0.15, 0.2) is 0 Å². The number of carbonyl (C=O) groups is 1. The Morgan fingerprint density at radius 3 is 2.19 bits per heavy atom. The van der Waals surface area contributed by atoms with Crippen molar-refractivity contribution >= 4 is 12.1 Å². The first-order chi connectivity index (χ1) is 7.85. The molecule has 0 saturated heterocycles. The second-order valence-electron chi connectivity index (χ2n) is 2.41. The third kappa shape index (κ3) is 12.6. The lowest BCUT2D eigenvalue weighted by molar-refractivity contribution is -0.105. The molecule has 3 N–H and O–H groups in total. The SMILES string of the molecule is CC.COCCN.O=CNc1ccccc1. The predicted octanol–water partition coefficient (Wildman–Crippen LogP) is 1.87. The van der Waals surface area contributed by atoms with Crippen LogP contribution < -0.4 is 11.1 Å². The average Bonchev–Trinajstić information content (AvgIpc) is 2.35. The maximum absolute atomic E-state index is 9.86. The van der Waals surface area contributed by atoms with Gasteiger partial charge in [0.2, 0.25) is 6.41 Å². The van der Waals surface area contributed by atoms with Gasteiger partial charge in [0.1, 0.15) is 0 Å². The van der Waals surface area contributed by atoms with Gasteiger partial charge >= 0.3 is 0 Å². The van der Waals surface area contributed by atoms with Gasteiger partial charge < -0.3 is 15.8 Å². The summed E-state index contributed by atoms with van der Waals surface area (Å²) in [4.78, 5) is 9.86. The summed E-state index contributed by atoms with van der Waals surface area (Å²) in [5.74, 6) is 0. The molecule has 1 aromatic rings. The van der Waals surface area contributed by atoms with Crippen molar-refractivity contribution in [3.63, 3.8) is 0 Å². The van der Waals surface area contributed by atoms with Gasteiger partial charge in [-0.2, -0.15) is 0 Å². The molecule has 1 amide bonds. The van der Waals surface area contributed by atoms with Crippen molar-refractivity contribution < 1.29 is 9.53 Å². The molecule has 0 bridgehead atoms. The number of hydrogen-bond donors (Lipinski definition) is 2. The van der Waals surface area contributed by atoms with E-state index in [0.717, 1.165) is 5.69 Å². The van der Waals surface area contributed by atoms with Crippen LogP contribution in [0.25, 0.3) is 0 Å². The molecule has 0 atom stereocenters. The van der Waals surface area contributed by atoms with E-state index < -0.39 is 0 Å². The smallest absolute Gasteiger partial charge is 0.211 e. The molecule has 0 fully saturated rings. The molecule has 0 aliphatic carbocycles. The van der Waals surface area contributed by atoms with E-state index >= 15 is 0 Å². The van der Waals surface area contributed by atoms with Crippen molar-refractivity contribution in [3.8, 4) is 0 Å². The Kier molecular flexibility index (Phi) is 17.1. The van der Waals surface area contributed by atoms with E-state index in [1.165, 1.54) is 0 Å². The lowest BCUT2D eigenvalue weighted by atomic mass is 10.3. The molecule has 0 heterocycles. The molecular formula is C12H22N2O2. The fourth-order valence-electron chi connectivity index (χ4n) is 0.720. The van der Waals surface area contributed by atoms with Crippen molar-refractivity contribution in [2.45, 2.75) is 13.8 Å². The van der Waals surface area contributed by atoms with E-state index in [4.69, 9.17) is 5.73 Å². The molecule has 0 spiro atoms. The summed E-state index contributed by atoms with van der Waals surface area (Å²) in [7, 11) is 1.63. The number of para-hydroxylation sites is 1. The van der Waals surface area contributed by atoms with Crippen molar-refractivity contribution in [1.29, 1.82) is 0 Å². The Morgan fingerprint density at radius 1 is 1.31 bits per heavy atom. The highest BCUT2D eigenvalue weighted by Gasteiger charge is 1.81. The molecule has 1 rings (SSSR count). The zero-order valence-electron chi connectivity index (χ0n) is 10.3. The van der Waals surface area contributed by atoms with Crippen molar-refractivity contribution in [2.24, 2.45) is 5.73 Å². The minimum atomic E-state index is 0.622. The van der Waals surface area contributed by atoms with Crippen LogP contribution in [0.5, 0.6) is 0 Å². The summed E-state index contributed by atoms with van der Waals surface area (Å²) < 4.78 is 4.57. The van der Waals surface area contributed by atoms with Crippen molar-refractivity contribution in [2.75, 3.05) is 25.6 Å². The molecule has 0 saturated carbocycles. The van der Waals surface area contributed by atoms with Crippen LogP contribution >= 0.6 is 0 Å². The Hall–Kier alpha value is -1.39. The van der Waals surface area contributed by atoms with Gasteiger partial charge in [-0.25, -0.2) is 0 Å². The van der Waals surface area contributed by atoms with Gasteiger partial charge in [-0.05, 0) is 12.1 Å². The van der Waals surface area contributed by atoms with Gasteiger partial charge in [0, 0.05) is 19.3 Å². The van der Waals surface area contributed by atoms with Crippen LogP contribution in [0.3, 0.4) is 0 Å². The highest BCUT2D eigenvalue weighted by molar-refractivity contribution is 5.70. The highest BCUT2D eigenvalue weighted by Crippen LogP contribution is 2.01. The molecule has 4 nitrogen and oxygen atoms in total. The standard InChI is InChI=1S/C7H7NO.C3H9NO.C2H6/c9-6-8-7-4-2-1-3-5-7;1-5-3-2-4;1-2/h1-6H,(H,8,9);2-4H2,1H3;1-2H3. The maximum atomic E-state index is 9.86. The van der Waals surface area contributed by atoms with Gasteiger partial charge in [0.05, 0.1) is 6.61 Å². The lowest BCUT2D eigenvalue weighted by Crippen LogP contribution is -2.05. The number of ether oxygens (including phenoxy) is 1. The zero-order chi connectivity index (χ0) is 12.6. The highest BCUT2D eigenvalue weighted by atomic mass is 16.5. The minimum Gasteiger partial charge on any atom is -0.383 e. The van der Waals surface area contributed by atoms with Crippen molar-refractivity contribution in [1.82, 2.24) is 0 Å². The molecule has 92 valence electrons. The van der Waals surface area contributed by atoms with Gasteiger partial charge in [-0.15, -0.1) is 0 Å². The zero-order valence-corrected chi connectivity index (χ0v) is 10.3.